The number of pyridine rings is 1. The zero-order valence-corrected chi connectivity index (χ0v) is 12.5. The topological polar surface area (TPSA) is 46.4 Å². The molecular weight excluding hydrogens is 282 g/mol. The van der Waals surface area contributed by atoms with Crippen molar-refractivity contribution in [1.29, 1.82) is 0 Å². The first-order valence-corrected chi connectivity index (χ1v) is 7.96. The number of thiophene rings is 1. The summed E-state index contributed by atoms with van der Waals surface area (Å²) in [6, 6.07) is 7.99. The van der Waals surface area contributed by atoms with E-state index in [1.807, 2.05) is 40.4 Å². The minimum Gasteiger partial charge on any atom is -0.356 e. The highest BCUT2D eigenvalue weighted by Gasteiger charge is 2.04. The number of rotatable bonds is 6. The summed E-state index contributed by atoms with van der Waals surface area (Å²) in [6.45, 7) is 0.631. The van der Waals surface area contributed by atoms with Crippen molar-refractivity contribution in [3.63, 3.8) is 0 Å². The van der Waals surface area contributed by atoms with E-state index in [0.29, 0.717) is 13.0 Å². The number of hydrogen-bond donors (Lipinski definition) is 1. The van der Waals surface area contributed by atoms with Crippen LogP contribution >= 0.6 is 11.3 Å². The Morgan fingerprint density at radius 2 is 2.24 bits per heavy atom. The third kappa shape index (κ3) is 3.70. The fourth-order valence-electron chi connectivity index (χ4n) is 2.22. The van der Waals surface area contributed by atoms with Crippen LogP contribution in [-0.4, -0.2) is 21.8 Å². The highest BCUT2D eigenvalue weighted by atomic mass is 32.1. The molecule has 0 fully saturated rings. The van der Waals surface area contributed by atoms with Crippen molar-refractivity contribution in [3.8, 4) is 0 Å². The van der Waals surface area contributed by atoms with Crippen molar-refractivity contribution in [2.75, 3.05) is 6.54 Å². The summed E-state index contributed by atoms with van der Waals surface area (Å²) in [5.41, 5.74) is 3.17. The Labute approximate surface area is 127 Å². The summed E-state index contributed by atoms with van der Waals surface area (Å²) >= 11 is 1.67. The van der Waals surface area contributed by atoms with Crippen molar-refractivity contribution in [2.45, 2.75) is 19.3 Å². The molecule has 0 bridgehead atoms. The Balaban J connectivity index is 1.44. The number of aromatic nitrogens is 2. The number of fused-ring (bicyclic) bond motifs is 1. The van der Waals surface area contributed by atoms with Crippen LogP contribution in [0.4, 0.5) is 0 Å². The normalized spacial score (nSPS) is 10.9. The molecule has 5 heteroatoms. The summed E-state index contributed by atoms with van der Waals surface area (Å²) in [6.07, 6.45) is 6.09. The second kappa shape index (κ2) is 6.54. The molecule has 0 spiro atoms. The number of hydrogen-bond acceptors (Lipinski definition) is 3. The van der Waals surface area contributed by atoms with Gasteiger partial charge in [-0.25, -0.2) is 4.98 Å². The SMILES string of the molecule is O=C(CCc1ccsc1)NCCc1cn2ccccc2n1. The molecule has 0 unspecified atom stereocenters. The molecule has 1 amide bonds. The quantitative estimate of drug-likeness (QED) is 0.760. The standard InChI is InChI=1S/C16H17N3OS/c20-16(5-4-13-7-10-21-12-13)17-8-6-14-11-19-9-2-1-3-15(19)18-14/h1-3,7,9-12H,4-6,8H2,(H,17,20). The maximum absolute atomic E-state index is 11.8. The van der Waals surface area contributed by atoms with E-state index in [2.05, 4.69) is 21.7 Å². The van der Waals surface area contributed by atoms with Gasteiger partial charge in [0.05, 0.1) is 5.69 Å². The lowest BCUT2D eigenvalue weighted by Crippen LogP contribution is -2.25. The molecule has 3 heterocycles. The number of imidazole rings is 1. The molecule has 3 aromatic heterocycles. The monoisotopic (exact) mass is 299 g/mol. The Bertz CT molecular complexity index is 685. The van der Waals surface area contributed by atoms with Crippen molar-refractivity contribution in [1.82, 2.24) is 14.7 Å². The van der Waals surface area contributed by atoms with Crippen LogP contribution in [0.15, 0.2) is 47.4 Å². The molecule has 3 aromatic rings. The molecule has 0 aliphatic rings. The highest BCUT2D eigenvalue weighted by molar-refractivity contribution is 7.07. The first kappa shape index (κ1) is 13.8. The fourth-order valence-corrected chi connectivity index (χ4v) is 2.92. The largest absolute Gasteiger partial charge is 0.356 e. The number of nitrogens with zero attached hydrogens (tertiary/aromatic N) is 2. The van der Waals surface area contributed by atoms with Crippen LogP contribution in [0, 0.1) is 0 Å². The van der Waals surface area contributed by atoms with E-state index in [9.17, 15) is 4.79 Å². The fraction of sp³-hybridized carbons (Fsp3) is 0.250. The Morgan fingerprint density at radius 3 is 3.05 bits per heavy atom. The zero-order valence-electron chi connectivity index (χ0n) is 11.7. The lowest BCUT2D eigenvalue weighted by Gasteiger charge is -2.03. The molecule has 0 atom stereocenters. The molecule has 3 rings (SSSR count). The number of aryl methyl sites for hydroxylation is 1. The van der Waals surface area contributed by atoms with Gasteiger partial charge >= 0.3 is 0 Å². The molecule has 4 nitrogen and oxygen atoms in total. The third-order valence-corrected chi connectivity index (χ3v) is 4.07. The first-order valence-electron chi connectivity index (χ1n) is 7.01. The van der Waals surface area contributed by atoms with Crippen molar-refractivity contribution >= 4 is 22.9 Å². The van der Waals surface area contributed by atoms with Gasteiger partial charge in [0, 0.05) is 31.8 Å². The van der Waals surface area contributed by atoms with Crippen molar-refractivity contribution in [3.05, 3.63) is 58.7 Å². The Morgan fingerprint density at radius 1 is 1.29 bits per heavy atom. The summed E-state index contributed by atoms with van der Waals surface area (Å²) in [7, 11) is 0. The maximum atomic E-state index is 11.8. The molecule has 108 valence electrons. The molecule has 0 saturated heterocycles. The minimum atomic E-state index is 0.102. The predicted molar refractivity (Wildman–Crippen MR) is 84.5 cm³/mol. The summed E-state index contributed by atoms with van der Waals surface area (Å²) in [5, 5.41) is 7.08. The minimum absolute atomic E-state index is 0.102. The first-order chi connectivity index (χ1) is 10.3. The molecule has 0 radical (unpaired) electrons. The summed E-state index contributed by atoms with van der Waals surface area (Å²) in [4.78, 5) is 16.3. The average Bonchev–Trinajstić information content (AvgIpc) is 3.14. The highest BCUT2D eigenvalue weighted by Crippen LogP contribution is 2.08. The van der Waals surface area contributed by atoms with Gasteiger partial charge in [-0.3, -0.25) is 4.79 Å². The van der Waals surface area contributed by atoms with Gasteiger partial charge in [-0.2, -0.15) is 11.3 Å². The van der Waals surface area contributed by atoms with Crippen LogP contribution in [-0.2, 0) is 17.6 Å². The van der Waals surface area contributed by atoms with Gasteiger partial charge in [-0.05, 0) is 40.9 Å². The smallest absolute Gasteiger partial charge is 0.220 e. The lowest BCUT2D eigenvalue weighted by molar-refractivity contribution is -0.121. The van der Waals surface area contributed by atoms with Crippen molar-refractivity contribution in [2.24, 2.45) is 0 Å². The average molecular weight is 299 g/mol. The summed E-state index contributed by atoms with van der Waals surface area (Å²) < 4.78 is 1.99. The zero-order chi connectivity index (χ0) is 14.5. The van der Waals surface area contributed by atoms with E-state index in [-0.39, 0.29) is 5.91 Å². The number of carbonyl (C=O) groups excluding carboxylic acids is 1. The van der Waals surface area contributed by atoms with Gasteiger partial charge in [0.25, 0.3) is 0 Å². The summed E-state index contributed by atoms with van der Waals surface area (Å²) in [5.74, 6) is 0.102. The van der Waals surface area contributed by atoms with Gasteiger partial charge in [0.1, 0.15) is 5.65 Å². The van der Waals surface area contributed by atoms with Crippen LogP contribution in [0.25, 0.3) is 5.65 Å². The van der Waals surface area contributed by atoms with Crippen LogP contribution in [0.1, 0.15) is 17.7 Å². The van der Waals surface area contributed by atoms with Gasteiger partial charge in [-0.1, -0.05) is 6.07 Å². The van der Waals surface area contributed by atoms with Crippen LogP contribution in [0.3, 0.4) is 0 Å². The van der Waals surface area contributed by atoms with Gasteiger partial charge in [-0.15, -0.1) is 0 Å². The second-order valence-electron chi connectivity index (χ2n) is 4.93. The number of amides is 1. The molecular formula is C16H17N3OS. The van der Waals surface area contributed by atoms with Crippen LogP contribution < -0.4 is 5.32 Å². The molecule has 0 saturated carbocycles. The van der Waals surface area contributed by atoms with Crippen molar-refractivity contribution < 1.29 is 4.79 Å². The van der Waals surface area contributed by atoms with E-state index in [1.165, 1.54) is 5.56 Å². The number of carbonyl (C=O) groups is 1. The number of nitrogens with one attached hydrogen (secondary N) is 1. The second-order valence-corrected chi connectivity index (χ2v) is 5.71. The molecule has 0 aliphatic heterocycles. The van der Waals surface area contributed by atoms with E-state index >= 15 is 0 Å². The molecule has 0 aliphatic carbocycles. The van der Waals surface area contributed by atoms with Gasteiger partial charge in [0.2, 0.25) is 5.91 Å². The predicted octanol–water partition coefficient (Wildman–Crippen LogP) is 2.69. The Kier molecular flexibility index (Phi) is 4.31. The maximum Gasteiger partial charge on any atom is 0.220 e. The molecule has 21 heavy (non-hydrogen) atoms. The van der Waals surface area contributed by atoms with E-state index in [0.717, 1.165) is 24.2 Å². The molecule has 0 aromatic carbocycles. The Hall–Kier alpha value is -2.14. The molecule has 1 N–H and O–H groups in total. The van der Waals surface area contributed by atoms with Crippen LogP contribution in [0.2, 0.25) is 0 Å². The van der Waals surface area contributed by atoms with E-state index in [4.69, 9.17) is 0 Å². The lowest BCUT2D eigenvalue weighted by atomic mass is 10.2. The van der Waals surface area contributed by atoms with Gasteiger partial charge < -0.3 is 9.72 Å². The van der Waals surface area contributed by atoms with Gasteiger partial charge in [0.15, 0.2) is 0 Å². The van der Waals surface area contributed by atoms with E-state index in [1.54, 1.807) is 11.3 Å². The third-order valence-electron chi connectivity index (χ3n) is 3.34. The van der Waals surface area contributed by atoms with E-state index < -0.39 is 0 Å². The van der Waals surface area contributed by atoms with Crippen LogP contribution in [0.5, 0.6) is 0 Å².